The van der Waals surface area contributed by atoms with Crippen molar-refractivity contribution in [1.82, 2.24) is 15.5 Å². The van der Waals surface area contributed by atoms with Gasteiger partial charge >= 0.3 is 0 Å². The van der Waals surface area contributed by atoms with E-state index in [1.807, 2.05) is 6.92 Å². The predicted octanol–water partition coefficient (Wildman–Crippen LogP) is 1.36. The standard InChI is InChI=1S/C14H29N3O/c1-5-8-15-14(18)12(4)16-13-6-9-17(10-7-13)11(2)3/h11-13,16H,5-10H2,1-4H3,(H,15,18). The average molecular weight is 255 g/mol. The zero-order valence-corrected chi connectivity index (χ0v) is 12.3. The van der Waals surface area contributed by atoms with Crippen LogP contribution in [0.1, 0.15) is 47.0 Å². The summed E-state index contributed by atoms with van der Waals surface area (Å²) in [7, 11) is 0. The highest BCUT2D eigenvalue weighted by atomic mass is 16.2. The van der Waals surface area contributed by atoms with Gasteiger partial charge in [-0.2, -0.15) is 0 Å². The minimum Gasteiger partial charge on any atom is -0.355 e. The Morgan fingerprint density at radius 3 is 2.39 bits per heavy atom. The molecule has 1 unspecified atom stereocenters. The number of nitrogens with zero attached hydrogens (tertiary/aromatic N) is 1. The zero-order valence-electron chi connectivity index (χ0n) is 12.3. The Labute approximate surface area is 111 Å². The molecular weight excluding hydrogens is 226 g/mol. The molecule has 18 heavy (non-hydrogen) atoms. The van der Waals surface area contributed by atoms with E-state index in [2.05, 4.69) is 36.3 Å². The molecule has 1 saturated heterocycles. The summed E-state index contributed by atoms with van der Waals surface area (Å²) in [5, 5.41) is 6.39. The van der Waals surface area contributed by atoms with E-state index < -0.39 is 0 Å². The van der Waals surface area contributed by atoms with Gasteiger partial charge in [-0.25, -0.2) is 0 Å². The van der Waals surface area contributed by atoms with Crippen molar-refractivity contribution in [2.45, 2.75) is 65.1 Å². The van der Waals surface area contributed by atoms with Crippen LogP contribution in [0.25, 0.3) is 0 Å². The smallest absolute Gasteiger partial charge is 0.236 e. The summed E-state index contributed by atoms with van der Waals surface area (Å²) >= 11 is 0. The number of amides is 1. The van der Waals surface area contributed by atoms with Gasteiger partial charge in [0.25, 0.3) is 0 Å². The second-order valence-corrected chi connectivity index (χ2v) is 5.58. The molecule has 4 heteroatoms. The first-order chi connectivity index (χ1) is 8.54. The van der Waals surface area contributed by atoms with E-state index in [1.54, 1.807) is 0 Å². The summed E-state index contributed by atoms with van der Waals surface area (Å²) in [5.74, 6) is 0.128. The number of hydrogen-bond acceptors (Lipinski definition) is 3. The van der Waals surface area contributed by atoms with Gasteiger partial charge in [-0.05, 0) is 53.1 Å². The Kier molecular flexibility index (Phi) is 6.65. The van der Waals surface area contributed by atoms with Gasteiger partial charge < -0.3 is 15.5 Å². The summed E-state index contributed by atoms with van der Waals surface area (Å²) in [5.41, 5.74) is 0. The molecular formula is C14H29N3O. The lowest BCUT2D eigenvalue weighted by Gasteiger charge is -2.35. The van der Waals surface area contributed by atoms with Gasteiger partial charge in [0.15, 0.2) is 0 Å². The van der Waals surface area contributed by atoms with E-state index >= 15 is 0 Å². The van der Waals surface area contributed by atoms with Crippen LogP contribution < -0.4 is 10.6 Å². The van der Waals surface area contributed by atoms with Crippen molar-refractivity contribution in [1.29, 1.82) is 0 Å². The monoisotopic (exact) mass is 255 g/mol. The summed E-state index contributed by atoms with van der Waals surface area (Å²) in [6.07, 6.45) is 3.28. The molecule has 0 aromatic rings. The van der Waals surface area contributed by atoms with E-state index in [-0.39, 0.29) is 11.9 Å². The Balaban J connectivity index is 2.25. The number of rotatable bonds is 6. The van der Waals surface area contributed by atoms with Crippen molar-refractivity contribution in [2.75, 3.05) is 19.6 Å². The highest BCUT2D eigenvalue weighted by Gasteiger charge is 2.23. The molecule has 0 aromatic carbocycles. The lowest BCUT2D eigenvalue weighted by atomic mass is 10.0. The SMILES string of the molecule is CCCNC(=O)C(C)NC1CCN(C(C)C)CC1. The largest absolute Gasteiger partial charge is 0.355 e. The van der Waals surface area contributed by atoms with Gasteiger partial charge in [0.2, 0.25) is 5.91 Å². The molecule has 1 aliphatic rings. The van der Waals surface area contributed by atoms with Gasteiger partial charge in [0.05, 0.1) is 6.04 Å². The second-order valence-electron chi connectivity index (χ2n) is 5.58. The molecule has 0 bridgehead atoms. The normalized spacial score (nSPS) is 20.1. The number of piperidine rings is 1. The van der Waals surface area contributed by atoms with Gasteiger partial charge in [0, 0.05) is 18.6 Å². The molecule has 0 aromatic heterocycles. The summed E-state index contributed by atoms with van der Waals surface area (Å²) < 4.78 is 0. The number of carbonyl (C=O) groups is 1. The fourth-order valence-electron chi connectivity index (χ4n) is 2.41. The van der Waals surface area contributed by atoms with Crippen molar-refractivity contribution in [3.8, 4) is 0 Å². The van der Waals surface area contributed by atoms with E-state index in [4.69, 9.17) is 0 Å². The van der Waals surface area contributed by atoms with Crippen molar-refractivity contribution < 1.29 is 4.79 Å². The van der Waals surface area contributed by atoms with Crippen LogP contribution >= 0.6 is 0 Å². The minimum atomic E-state index is -0.0767. The molecule has 0 spiro atoms. The zero-order chi connectivity index (χ0) is 13.5. The lowest BCUT2D eigenvalue weighted by molar-refractivity contribution is -0.123. The van der Waals surface area contributed by atoms with Gasteiger partial charge in [-0.1, -0.05) is 6.92 Å². The third-order valence-electron chi connectivity index (χ3n) is 3.69. The van der Waals surface area contributed by atoms with Crippen LogP contribution in [-0.4, -0.2) is 48.6 Å². The Morgan fingerprint density at radius 1 is 1.28 bits per heavy atom. The van der Waals surface area contributed by atoms with Crippen LogP contribution in [-0.2, 0) is 4.79 Å². The molecule has 4 nitrogen and oxygen atoms in total. The Morgan fingerprint density at radius 2 is 1.89 bits per heavy atom. The van der Waals surface area contributed by atoms with Gasteiger partial charge in [-0.3, -0.25) is 4.79 Å². The van der Waals surface area contributed by atoms with E-state index in [0.717, 1.165) is 38.9 Å². The van der Waals surface area contributed by atoms with Crippen LogP contribution in [0.2, 0.25) is 0 Å². The number of nitrogens with one attached hydrogen (secondary N) is 2. The molecule has 106 valence electrons. The first-order valence-corrected chi connectivity index (χ1v) is 7.32. The number of likely N-dealkylation sites (tertiary alicyclic amines) is 1. The molecule has 1 atom stereocenters. The Bertz CT molecular complexity index is 247. The maximum atomic E-state index is 11.8. The summed E-state index contributed by atoms with van der Waals surface area (Å²) in [6, 6.07) is 1.05. The molecule has 1 fully saturated rings. The first kappa shape index (κ1) is 15.4. The molecule has 1 heterocycles. The third-order valence-corrected chi connectivity index (χ3v) is 3.69. The van der Waals surface area contributed by atoms with Crippen LogP contribution in [0, 0.1) is 0 Å². The van der Waals surface area contributed by atoms with Crippen LogP contribution in [0.15, 0.2) is 0 Å². The van der Waals surface area contributed by atoms with E-state index in [0.29, 0.717) is 12.1 Å². The maximum Gasteiger partial charge on any atom is 0.236 e. The van der Waals surface area contributed by atoms with E-state index in [1.165, 1.54) is 0 Å². The highest BCUT2D eigenvalue weighted by Crippen LogP contribution is 2.13. The third kappa shape index (κ3) is 4.94. The van der Waals surface area contributed by atoms with Gasteiger partial charge in [-0.15, -0.1) is 0 Å². The molecule has 1 aliphatic heterocycles. The predicted molar refractivity (Wildman–Crippen MR) is 75.6 cm³/mol. The minimum absolute atomic E-state index is 0.0767. The summed E-state index contributed by atoms with van der Waals surface area (Å²) in [6.45, 7) is 11.6. The number of hydrogen-bond donors (Lipinski definition) is 2. The maximum absolute atomic E-state index is 11.8. The second kappa shape index (κ2) is 7.74. The summed E-state index contributed by atoms with van der Waals surface area (Å²) in [4.78, 5) is 14.3. The van der Waals surface area contributed by atoms with Crippen molar-refractivity contribution in [2.24, 2.45) is 0 Å². The van der Waals surface area contributed by atoms with E-state index in [9.17, 15) is 4.79 Å². The lowest BCUT2D eigenvalue weighted by Crippen LogP contribution is -2.51. The highest BCUT2D eigenvalue weighted by molar-refractivity contribution is 5.81. The number of carbonyl (C=O) groups excluding carboxylic acids is 1. The molecule has 0 radical (unpaired) electrons. The van der Waals surface area contributed by atoms with Crippen LogP contribution in [0.3, 0.4) is 0 Å². The topological polar surface area (TPSA) is 44.4 Å². The molecule has 2 N–H and O–H groups in total. The van der Waals surface area contributed by atoms with Crippen molar-refractivity contribution in [3.63, 3.8) is 0 Å². The fourth-order valence-corrected chi connectivity index (χ4v) is 2.41. The van der Waals surface area contributed by atoms with Crippen molar-refractivity contribution >= 4 is 5.91 Å². The van der Waals surface area contributed by atoms with Crippen molar-refractivity contribution in [3.05, 3.63) is 0 Å². The quantitative estimate of drug-likeness (QED) is 0.753. The Hall–Kier alpha value is -0.610. The van der Waals surface area contributed by atoms with Crippen LogP contribution in [0.5, 0.6) is 0 Å². The molecule has 0 aliphatic carbocycles. The molecule has 1 rings (SSSR count). The first-order valence-electron chi connectivity index (χ1n) is 7.32. The van der Waals surface area contributed by atoms with Gasteiger partial charge in [0.1, 0.15) is 0 Å². The average Bonchev–Trinajstić information content (AvgIpc) is 2.36. The molecule has 0 saturated carbocycles. The fraction of sp³-hybridized carbons (Fsp3) is 0.929. The van der Waals surface area contributed by atoms with Crippen LogP contribution in [0.4, 0.5) is 0 Å². The molecule has 1 amide bonds.